The fraction of sp³-hybridized carbons (Fsp3) is 0.400. The van der Waals surface area contributed by atoms with Crippen LogP contribution in [0.15, 0.2) is 29.2 Å². The van der Waals surface area contributed by atoms with Crippen molar-refractivity contribution >= 4 is 63.9 Å². The van der Waals surface area contributed by atoms with Crippen LogP contribution < -0.4 is 0 Å². The molecule has 7 nitrogen and oxygen atoms in total. The third-order valence-corrected chi connectivity index (χ3v) is 6.50. The van der Waals surface area contributed by atoms with Crippen LogP contribution in [0.4, 0.5) is 4.79 Å². The smallest absolute Gasteiger partial charge is 0.409 e. The number of carbonyl (C=O) groups is 3. The van der Waals surface area contributed by atoms with Gasteiger partial charge in [-0.2, -0.15) is 0 Å². The Bertz CT molecular complexity index is 885. The molecular formula is C20H22ClN3O4S2. The molecule has 2 fully saturated rings. The van der Waals surface area contributed by atoms with Gasteiger partial charge in [-0.3, -0.25) is 14.5 Å². The summed E-state index contributed by atoms with van der Waals surface area (Å²) in [5.74, 6) is -0.285. The number of thiocarbonyl (C=S) groups is 1. The molecule has 0 atom stereocenters. The number of hydrogen-bond donors (Lipinski definition) is 0. The van der Waals surface area contributed by atoms with E-state index in [2.05, 4.69) is 0 Å². The first kappa shape index (κ1) is 22.6. The van der Waals surface area contributed by atoms with Gasteiger partial charge in [-0.15, -0.1) is 0 Å². The molecule has 0 N–H and O–H groups in total. The Labute approximate surface area is 190 Å². The topological polar surface area (TPSA) is 70.2 Å². The predicted molar refractivity (Wildman–Crippen MR) is 121 cm³/mol. The van der Waals surface area contributed by atoms with Crippen LogP contribution in [0.1, 0.15) is 18.9 Å². The summed E-state index contributed by atoms with van der Waals surface area (Å²) in [5.41, 5.74) is 0.746. The minimum Gasteiger partial charge on any atom is -0.450 e. The number of thioether (sulfide) groups is 1. The summed E-state index contributed by atoms with van der Waals surface area (Å²) < 4.78 is 5.41. The number of nitrogens with zero attached hydrogens (tertiary/aromatic N) is 3. The number of rotatable bonds is 5. The maximum Gasteiger partial charge on any atom is 0.409 e. The van der Waals surface area contributed by atoms with E-state index < -0.39 is 0 Å². The molecule has 0 aromatic heterocycles. The Balaban J connectivity index is 1.53. The van der Waals surface area contributed by atoms with Crippen LogP contribution in [0.25, 0.3) is 6.08 Å². The van der Waals surface area contributed by atoms with Gasteiger partial charge < -0.3 is 14.5 Å². The van der Waals surface area contributed by atoms with Crippen molar-refractivity contribution in [3.05, 3.63) is 39.8 Å². The van der Waals surface area contributed by atoms with Crippen molar-refractivity contribution in [2.45, 2.75) is 13.3 Å². The van der Waals surface area contributed by atoms with Gasteiger partial charge in [-0.05, 0) is 24.6 Å². The molecule has 0 spiro atoms. The third kappa shape index (κ3) is 5.33. The lowest BCUT2D eigenvalue weighted by atomic mass is 10.2. The van der Waals surface area contributed by atoms with E-state index in [0.29, 0.717) is 47.0 Å². The molecule has 2 aliphatic heterocycles. The van der Waals surface area contributed by atoms with Crippen molar-refractivity contribution < 1.29 is 19.1 Å². The molecule has 0 saturated carbocycles. The highest BCUT2D eigenvalue weighted by molar-refractivity contribution is 8.26. The second kappa shape index (κ2) is 10.3. The molecule has 1 aromatic carbocycles. The zero-order valence-corrected chi connectivity index (χ0v) is 18.9. The van der Waals surface area contributed by atoms with Crippen LogP contribution in [0.3, 0.4) is 0 Å². The van der Waals surface area contributed by atoms with Gasteiger partial charge in [0.2, 0.25) is 5.91 Å². The highest BCUT2D eigenvalue weighted by Crippen LogP contribution is 2.33. The fourth-order valence-corrected chi connectivity index (χ4v) is 4.63. The van der Waals surface area contributed by atoms with Crippen molar-refractivity contribution in [3.8, 4) is 0 Å². The number of halogens is 1. The summed E-state index contributed by atoms with van der Waals surface area (Å²) in [6.07, 6.45) is 1.54. The number of carbonyl (C=O) groups excluding carboxylic acids is 3. The SMILES string of the molecule is CCOC(=O)N1CCN(C(=O)CCN2C(=O)/C(=C\c3ccccc3Cl)SC2=S)CC1. The quantitative estimate of drug-likeness (QED) is 0.489. The van der Waals surface area contributed by atoms with Gasteiger partial charge in [0.1, 0.15) is 4.32 Å². The van der Waals surface area contributed by atoms with Crippen LogP contribution in [0.5, 0.6) is 0 Å². The Morgan fingerprint density at radius 2 is 1.87 bits per heavy atom. The van der Waals surface area contributed by atoms with Gasteiger partial charge in [0.05, 0.1) is 11.5 Å². The highest BCUT2D eigenvalue weighted by atomic mass is 35.5. The molecule has 2 heterocycles. The monoisotopic (exact) mass is 467 g/mol. The lowest BCUT2D eigenvalue weighted by Gasteiger charge is -2.34. The molecule has 0 unspecified atom stereocenters. The van der Waals surface area contributed by atoms with Gasteiger partial charge in [-0.25, -0.2) is 4.79 Å². The van der Waals surface area contributed by atoms with E-state index in [1.165, 1.54) is 16.7 Å². The Hall–Kier alpha value is -2.10. The molecular weight excluding hydrogens is 446 g/mol. The highest BCUT2D eigenvalue weighted by Gasteiger charge is 2.33. The second-order valence-electron chi connectivity index (χ2n) is 6.67. The van der Waals surface area contributed by atoms with E-state index in [-0.39, 0.29) is 30.9 Å². The van der Waals surface area contributed by atoms with E-state index in [9.17, 15) is 14.4 Å². The van der Waals surface area contributed by atoms with E-state index in [4.69, 9.17) is 28.6 Å². The number of ether oxygens (including phenoxy) is 1. The minimum absolute atomic E-state index is 0.0670. The molecule has 2 aliphatic rings. The molecule has 3 rings (SSSR count). The van der Waals surface area contributed by atoms with Gasteiger partial charge in [0.15, 0.2) is 0 Å². The van der Waals surface area contributed by atoms with Gasteiger partial charge in [0, 0.05) is 44.2 Å². The van der Waals surface area contributed by atoms with E-state index in [1.807, 2.05) is 18.2 Å². The lowest BCUT2D eigenvalue weighted by molar-refractivity contribution is -0.133. The molecule has 0 bridgehead atoms. The van der Waals surface area contributed by atoms with Gasteiger partial charge >= 0.3 is 6.09 Å². The summed E-state index contributed by atoms with van der Waals surface area (Å²) >= 11 is 12.7. The molecule has 2 saturated heterocycles. The van der Waals surface area contributed by atoms with E-state index in [0.717, 1.165) is 5.56 Å². The van der Waals surface area contributed by atoms with Crippen LogP contribution in [-0.2, 0) is 14.3 Å². The van der Waals surface area contributed by atoms with Crippen molar-refractivity contribution in [1.29, 1.82) is 0 Å². The molecule has 0 radical (unpaired) electrons. The lowest BCUT2D eigenvalue weighted by Crippen LogP contribution is -2.51. The normalized spacial score (nSPS) is 18.3. The summed E-state index contributed by atoms with van der Waals surface area (Å²) in [7, 11) is 0. The molecule has 1 aromatic rings. The second-order valence-corrected chi connectivity index (χ2v) is 8.75. The Morgan fingerprint density at radius 1 is 1.20 bits per heavy atom. The van der Waals surface area contributed by atoms with Crippen LogP contribution >= 0.6 is 35.6 Å². The number of piperazine rings is 1. The molecule has 3 amide bonds. The first-order chi connectivity index (χ1) is 14.4. The summed E-state index contributed by atoms with van der Waals surface area (Å²) in [6.45, 7) is 4.08. The van der Waals surface area contributed by atoms with E-state index in [1.54, 1.807) is 28.9 Å². The minimum atomic E-state index is -0.354. The zero-order valence-electron chi connectivity index (χ0n) is 16.5. The molecule has 0 aliphatic carbocycles. The van der Waals surface area contributed by atoms with Crippen LogP contribution in [0, 0.1) is 0 Å². The van der Waals surface area contributed by atoms with Crippen molar-refractivity contribution in [2.75, 3.05) is 39.3 Å². The molecule has 160 valence electrons. The van der Waals surface area contributed by atoms with Crippen LogP contribution in [-0.4, -0.2) is 76.3 Å². The summed E-state index contributed by atoms with van der Waals surface area (Å²) in [4.78, 5) is 42.3. The number of hydrogen-bond acceptors (Lipinski definition) is 6. The Morgan fingerprint density at radius 3 is 2.53 bits per heavy atom. The van der Waals surface area contributed by atoms with Gasteiger partial charge in [0.25, 0.3) is 5.91 Å². The number of amides is 3. The molecule has 30 heavy (non-hydrogen) atoms. The third-order valence-electron chi connectivity index (χ3n) is 4.77. The number of benzene rings is 1. The summed E-state index contributed by atoms with van der Waals surface area (Å²) in [5, 5.41) is 0.555. The van der Waals surface area contributed by atoms with E-state index >= 15 is 0 Å². The maximum absolute atomic E-state index is 12.7. The van der Waals surface area contributed by atoms with Crippen LogP contribution in [0.2, 0.25) is 5.02 Å². The van der Waals surface area contributed by atoms with Crippen molar-refractivity contribution in [1.82, 2.24) is 14.7 Å². The average molecular weight is 468 g/mol. The largest absolute Gasteiger partial charge is 0.450 e. The van der Waals surface area contributed by atoms with Crippen molar-refractivity contribution in [3.63, 3.8) is 0 Å². The van der Waals surface area contributed by atoms with Crippen molar-refractivity contribution in [2.24, 2.45) is 0 Å². The zero-order chi connectivity index (χ0) is 21.7. The first-order valence-corrected chi connectivity index (χ1v) is 11.2. The Kier molecular flexibility index (Phi) is 7.74. The average Bonchev–Trinajstić information content (AvgIpc) is 3.01. The first-order valence-electron chi connectivity index (χ1n) is 9.60. The standard InChI is InChI=1S/C20H22ClN3O4S2/c1-2-28-19(27)23-11-9-22(10-12-23)17(25)7-8-24-18(26)16(30-20(24)29)13-14-5-3-4-6-15(14)21/h3-6,13H,2,7-12H2,1H3/b16-13+. The maximum atomic E-state index is 12.7. The fourth-order valence-electron chi connectivity index (χ4n) is 3.14. The van der Waals surface area contributed by atoms with Gasteiger partial charge in [-0.1, -0.05) is 53.8 Å². The predicted octanol–water partition coefficient (Wildman–Crippen LogP) is 3.23. The molecule has 10 heteroatoms. The summed E-state index contributed by atoms with van der Waals surface area (Å²) in [6, 6.07) is 7.25.